The number of carboxylic acid groups (broad SMARTS) is 1. The number of methoxy groups -OCH3 is 2. The van der Waals surface area contributed by atoms with Gasteiger partial charge < -0.3 is 19.9 Å². The van der Waals surface area contributed by atoms with E-state index in [0.29, 0.717) is 36.4 Å². The lowest BCUT2D eigenvalue weighted by Gasteiger charge is -2.14. The molecule has 2 N–H and O–H groups in total. The number of nitrogens with one attached hydrogen (secondary N) is 1. The first-order valence-corrected chi connectivity index (χ1v) is 6.80. The third-order valence-electron chi connectivity index (χ3n) is 3.82. The first-order chi connectivity index (χ1) is 10.0. The molecular weight excluding hydrogens is 274 g/mol. The molecule has 1 amide bonds. The van der Waals surface area contributed by atoms with Crippen LogP contribution >= 0.6 is 0 Å². The standard InChI is InChI=1S/C15H19NO5/c1-20-11-5-6-13(21-2)12(8-11)16-14(17)9-3-4-10(7-9)15(18)19/h5-6,8-10H,3-4,7H2,1-2H3,(H,16,17)(H,18,19). The van der Waals surface area contributed by atoms with Gasteiger partial charge in [0.05, 0.1) is 25.8 Å². The molecule has 0 radical (unpaired) electrons. The topological polar surface area (TPSA) is 84.9 Å². The Hall–Kier alpha value is -2.24. The Morgan fingerprint density at radius 1 is 1.19 bits per heavy atom. The Morgan fingerprint density at radius 3 is 2.48 bits per heavy atom. The van der Waals surface area contributed by atoms with Gasteiger partial charge >= 0.3 is 5.97 Å². The highest BCUT2D eigenvalue weighted by Crippen LogP contribution is 2.34. The van der Waals surface area contributed by atoms with Gasteiger partial charge in [-0.05, 0) is 31.4 Å². The fraction of sp³-hybridized carbons (Fsp3) is 0.467. The average molecular weight is 293 g/mol. The number of anilines is 1. The second-order valence-corrected chi connectivity index (χ2v) is 5.10. The van der Waals surface area contributed by atoms with E-state index in [1.165, 1.54) is 7.11 Å². The van der Waals surface area contributed by atoms with E-state index in [9.17, 15) is 9.59 Å². The van der Waals surface area contributed by atoms with Crippen molar-refractivity contribution >= 4 is 17.6 Å². The van der Waals surface area contributed by atoms with E-state index in [-0.39, 0.29) is 11.8 Å². The molecule has 1 fully saturated rings. The number of ether oxygens (including phenoxy) is 2. The summed E-state index contributed by atoms with van der Waals surface area (Å²) in [5.74, 6) is -0.553. The van der Waals surface area contributed by atoms with Gasteiger partial charge in [-0.2, -0.15) is 0 Å². The number of hydrogen-bond acceptors (Lipinski definition) is 4. The van der Waals surface area contributed by atoms with Crippen molar-refractivity contribution in [2.75, 3.05) is 19.5 Å². The Morgan fingerprint density at radius 2 is 1.90 bits per heavy atom. The Balaban J connectivity index is 2.07. The van der Waals surface area contributed by atoms with Crippen molar-refractivity contribution in [3.05, 3.63) is 18.2 Å². The first-order valence-electron chi connectivity index (χ1n) is 6.80. The number of rotatable bonds is 5. The highest BCUT2D eigenvalue weighted by atomic mass is 16.5. The van der Waals surface area contributed by atoms with Crippen LogP contribution in [0.25, 0.3) is 0 Å². The molecule has 1 saturated carbocycles. The quantitative estimate of drug-likeness (QED) is 0.869. The second-order valence-electron chi connectivity index (χ2n) is 5.10. The van der Waals surface area contributed by atoms with Gasteiger partial charge in [-0.25, -0.2) is 0 Å². The molecule has 1 aliphatic carbocycles. The lowest BCUT2D eigenvalue weighted by Crippen LogP contribution is -2.22. The molecule has 0 aromatic heterocycles. The highest BCUT2D eigenvalue weighted by molar-refractivity contribution is 5.94. The highest BCUT2D eigenvalue weighted by Gasteiger charge is 2.34. The number of aliphatic carboxylic acids is 1. The molecule has 0 heterocycles. The molecule has 114 valence electrons. The number of hydrogen-bond donors (Lipinski definition) is 2. The van der Waals surface area contributed by atoms with Crippen molar-refractivity contribution in [2.24, 2.45) is 11.8 Å². The molecule has 0 spiro atoms. The number of benzene rings is 1. The van der Waals surface area contributed by atoms with Crippen LogP contribution in [0.15, 0.2) is 18.2 Å². The van der Waals surface area contributed by atoms with E-state index >= 15 is 0 Å². The van der Waals surface area contributed by atoms with Crippen molar-refractivity contribution in [1.82, 2.24) is 0 Å². The van der Waals surface area contributed by atoms with Crippen LogP contribution in [0.5, 0.6) is 11.5 Å². The lowest BCUT2D eigenvalue weighted by atomic mass is 10.0. The van der Waals surface area contributed by atoms with E-state index in [2.05, 4.69) is 5.32 Å². The molecule has 1 aromatic carbocycles. The molecule has 1 aromatic rings. The summed E-state index contributed by atoms with van der Waals surface area (Å²) in [5.41, 5.74) is 0.528. The van der Waals surface area contributed by atoms with Gasteiger partial charge in [-0.1, -0.05) is 0 Å². The minimum absolute atomic E-state index is 0.176. The predicted octanol–water partition coefficient (Wildman–Crippen LogP) is 2.14. The molecule has 21 heavy (non-hydrogen) atoms. The molecule has 2 atom stereocenters. The molecular formula is C15H19NO5. The molecule has 0 bridgehead atoms. The number of carbonyl (C=O) groups is 2. The molecule has 2 rings (SSSR count). The maximum Gasteiger partial charge on any atom is 0.306 e. The summed E-state index contributed by atoms with van der Waals surface area (Å²) in [5, 5.41) is 11.8. The predicted molar refractivity (Wildman–Crippen MR) is 76.6 cm³/mol. The molecule has 0 saturated heterocycles. The fourth-order valence-electron chi connectivity index (χ4n) is 2.59. The van der Waals surface area contributed by atoms with Gasteiger partial charge in [0.25, 0.3) is 0 Å². The normalized spacial score (nSPS) is 20.9. The monoisotopic (exact) mass is 293 g/mol. The number of carboxylic acids is 1. The van der Waals surface area contributed by atoms with E-state index in [0.717, 1.165) is 0 Å². The Labute approximate surface area is 123 Å². The summed E-state index contributed by atoms with van der Waals surface area (Å²) < 4.78 is 10.3. The minimum Gasteiger partial charge on any atom is -0.497 e. The summed E-state index contributed by atoms with van der Waals surface area (Å²) in [4.78, 5) is 23.2. The first kappa shape index (κ1) is 15.2. The van der Waals surface area contributed by atoms with Crippen LogP contribution in [0, 0.1) is 11.8 Å². The van der Waals surface area contributed by atoms with Crippen LogP contribution in [-0.4, -0.2) is 31.2 Å². The molecule has 0 aliphatic heterocycles. The summed E-state index contributed by atoms with van der Waals surface area (Å²) in [6.07, 6.45) is 1.52. The van der Waals surface area contributed by atoms with Crippen molar-refractivity contribution in [2.45, 2.75) is 19.3 Å². The van der Waals surface area contributed by atoms with Crippen molar-refractivity contribution in [3.63, 3.8) is 0 Å². The number of carbonyl (C=O) groups excluding carboxylic acids is 1. The maximum absolute atomic E-state index is 12.3. The van der Waals surface area contributed by atoms with Gasteiger partial charge in [0.1, 0.15) is 11.5 Å². The average Bonchev–Trinajstić information content (AvgIpc) is 2.97. The maximum atomic E-state index is 12.3. The zero-order valence-corrected chi connectivity index (χ0v) is 12.1. The van der Waals surface area contributed by atoms with Gasteiger partial charge in [-0.3, -0.25) is 9.59 Å². The van der Waals surface area contributed by atoms with E-state index < -0.39 is 11.9 Å². The van der Waals surface area contributed by atoms with E-state index in [1.54, 1.807) is 25.3 Å². The third-order valence-corrected chi connectivity index (χ3v) is 3.82. The number of amides is 1. The molecule has 1 aliphatic rings. The molecule has 6 heteroatoms. The van der Waals surface area contributed by atoms with Gasteiger partial charge in [-0.15, -0.1) is 0 Å². The second kappa shape index (κ2) is 6.47. The minimum atomic E-state index is -0.829. The summed E-state index contributed by atoms with van der Waals surface area (Å²) in [6, 6.07) is 5.13. The van der Waals surface area contributed by atoms with E-state index in [1.807, 2.05) is 0 Å². The summed E-state index contributed by atoms with van der Waals surface area (Å²) in [6.45, 7) is 0. The zero-order valence-electron chi connectivity index (χ0n) is 12.1. The fourth-order valence-corrected chi connectivity index (χ4v) is 2.59. The van der Waals surface area contributed by atoms with Crippen molar-refractivity contribution in [3.8, 4) is 11.5 Å². The van der Waals surface area contributed by atoms with Crippen LogP contribution in [-0.2, 0) is 9.59 Å². The Bertz CT molecular complexity index is 543. The van der Waals surface area contributed by atoms with E-state index in [4.69, 9.17) is 14.6 Å². The van der Waals surface area contributed by atoms with Crippen LogP contribution < -0.4 is 14.8 Å². The lowest BCUT2D eigenvalue weighted by molar-refractivity contribution is -0.141. The SMILES string of the molecule is COc1ccc(OC)c(NC(=O)C2CCC(C(=O)O)C2)c1. The smallest absolute Gasteiger partial charge is 0.306 e. The summed E-state index contributed by atoms with van der Waals surface area (Å²) >= 11 is 0. The Kier molecular flexibility index (Phi) is 4.67. The third kappa shape index (κ3) is 3.45. The van der Waals surface area contributed by atoms with Crippen LogP contribution in [0.1, 0.15) is 19.3 Å². The molecule has 6 nitrogen and oxygen atoms in total. The van der Waals surface area contributed by atoms with Gasteiger partial charge in [0.15, 0.2) is 0 Å². The van der Waals surface area contributed by atoms with Crippen LogP contribution in [0.3, 0.4) is 0 Å². The van der Waals surface area contributed by atoms with Crippen LogP contribution in [0.4, 0.5) is 5.69 Å². The van der Waals surface area contributed by atoms with Gasteiger partial charge in [0, 0.05) is 12.0 Å². The van der Waals surface area contributed by atoms with Crippen molar-refractivity contribution in [1.29, 1.82) is 0 Å². The van der Waals surface area contributed by atoms with Gasteiger partial charge in [0.2, 0.25) is 5.91 Å². The largest absolute Gasteiger partial charge is 0.497 e. The molecule has 2 unspecified atom stereocenters. The zero-order chi connectivity index (χ0) is 15.4. The van der Waals surface area contributed by atoms with Crippen LogP contribution in [0.2, 0.25) is 0 Å². The van der Waals surface area contributed by atoms with Crippen molar-refractivity contribution < 1.29 is 24.2 Å². The summed E-state index contributed by atoms with van der Waals surface area (Å²) in [7, 11) is 3.06.